The molecular formula is C18H18N4O5. The van der Waals surface area contributed by atoms with Gasteiger partial charge < -0.3 is 0 Å². The topological polar surface area (TPSA) is 128 Å². The third-order valence-electron chi connectivity index (χ3n) is 3.74. The molecule has 1 N–H and O–H groups in total. The summed E-state index contributed by atoms with van der Waals surface area (Å²) >= 11 is 0. The van der Waals surface area contributed by atoms with E-state index in [1.54, 1.807) is 0 Å². The molecule has 0 saturated carbocycles. The van der Waals surface area contributed by atoms with E-state index in [1.165, 1.54) is 6.21 Å². The lowest BCUT2D eigenvalue weighted by Crippen LogP contribution is -2.18. The fourth-order valence-corrected chi connectivity index (χ4v) is 2.24. The summed E-state index contributed by atoms with van der Waals surface area (Å²) in [7, 11) is 0. The highest BCUT2D eigenvalue weighted by molar-refractivity contribution is 5.96. The molecule has 0 radical (unpaired) electrons. The third-order valence-corrected chi connectivity index (χ3v) is 3.74. The van der Waals surface area contributed by atoms with E-state index >= 15 is 0 Å². The maximum absolute atomic E-state index is 12.1. The highest BCUT2D eigenvalue weighted by Gasteiger charge is 2.19. The van der Waals surface area contributed by atoms with Gasteiger partial charge in [0.15, 0.2) is 0 Å². The van der Waals surface area contributed by atoms with Gasteiger partial charge in [-0.1, -0.05) is 45.0 Å². The summed E-state index contributed by atoms with van der Waals surface area (Å²) in [4.78, 5) is 32.2. The number of non-ortho nitro benzene ring substituents is 2. The number of amides is 1. The van der Waals surface area contributed by atoms with Gasteiger partial charge in [-0.05, 0) is 16.5 Å². The maximum atomic E-state index is 12.1. The zero-order valence-corrected chi connectivity index (χ0v) is 15.0. The summed E-state index contributed by atoms with van der Waals surface area (Å²) in [6.45, 7) is 6.28. The van der Waals surface area contributed by atoms with Gasteiger partial charge in [0.1, 0.15) is 0 Å². The quantitative estimate of drug-likeness (QED) is 0.489. The molecule has 9 heteroatoms. The fourth-order valence-electron chi connectivity index (χ4n) is 2.24. The van der Waals surface area contributed by atoms with Gasteiger partial charge in [-0.2, -0.15) is 5.10 Å². The highest BCUT2D eigenvalue weighted by atomic mass is 16.6. The van der Waals surface area contributed by atoms with E-state index in [1.807, 2.05) is 24.3 Å². The van der Waals surface area contributed by atoms with Crippen molar-refractivity contribution < 1.29 is 14.6 Å². The van der Waals surface area contributed by atoms with Crippen LogP contribution in [0.25, 0.3) is 0 Å². The SMILES string of the molecule is CC(C)(C)c1ccc(/C=N\NC(=O)c2cc([N+](=O)[O-])cc([N+](=O)[O-])c2)cc1. The molecule has 2 rings (SSSR count). The molecule has 0 heterocycles. The van der Waals surface area contributed by atoms with Gasteiger partial charge in [0.25, 0.3) is 17.3 Å². The van der Waals surface area contributed by atoms with Gasteiger partial charge in [0.05, 0.1) is 27.7 Å². The summed E-state index contributed by atoms with van der Waals surface area (Å²) < 4.78 is 0. The van der Waals surface area contributed by atoms with Crippen LogP contribution in [0.2, 0.25) is 0 Å². The zero-order chi connectivity index (χ0) is 20.2. The Morgan fingerprint density at radius 1 is 1.00 bits per heavy atom. The summed E-state index contributed by atoms with van der Waals surface area (Å²) in [6, 6.07) is 10.3. The molecule has 0 aromatic heterocycles. The van der Waals surface area contributed by atoms with Crippen molar-refractivity contribution in [3.8, 4) is 0 Å². The first-order chi connectivity index (χ1) is 12.6. The van der Waals surface area contributed by atoms with Crippen molar-refractivity contribution in [2.24, 2.45) is 5.10 Å². The van der Waals surface area contributed by atoms with E-state index < -0.39 is 27.1 Å². The monoisotopic (exact) mass is 370 g/mol. The summed E-state index contributed by atoms with van der Waals surface area (Å²) in [6.07, 6.45) is 1.41. The number of nitrogens with one attached hydrogen (secondary N) is 1. The average Bonchev–Trinajstić information content (AvgIpc) is 2.60. The molecule has 27 heavy (non-hydrogen) atoms. The Hall–Kier alpha value is -3.62. The molecule has 0 saturated heterocycles. The lowest BCUT2D eigenvalue weighted by Gasteiger charge is -2.18. The molecule has 2 aromatic carbocycles. The van der Waals surface area contributed by atoms with Crippen LogP contribution in [0, 0.1) is 20.2 Å². The van der Waals surface area contributed by atoms with Crippen LogP contribution in [-0.2, 0) is 5.41 Å². The molecule has 9 nitrogen and oxygen atoms in total. The van der Waals surface area contributed by atoms with Crippen LogP contribution < -0.4 is 5.43 Å². The Morgan fingerprint density at radius 3 is 1.96 bits per heavy atom. The van der Waals surface area contributed by atoms with Gasteiger partial charge in [0, 0.05) is 12.1 Å². The normalized spacial score (nSPS) is 11.4. The van der Waals surface area contributed by atoms with Gasteiger partial charge in [0.2, 0.25) is 0 Å². The molecule has 1 amide bonds. The van der Waals surface area contributed by atoms with E-state index in [0.717, 1.165) is 29.3 Å². The van der Waals surface area contributed by atoms with Crippen molar-refractivity contribution in [1.29, 1.82) is 0 Å². The Labute approximate surface area is 155 Å². The van der Waals surface area contributed by atoms with Gasteiger partial charge in [-0.3, -0.25) is 25.0 Å². The fraction of sp³-hybridized carbons (Fsp3) is 0.222. The Balaban J connectivity index is 2.14. The van der Waals surface area contributed by atoms with Crippen molar-refractivity contribution in [2.45, 2.75) is 26.2 Å². The van der Waals surface area contributed by atoms with Crippen molar-refractivity contribution in [2.75, 3.05) is 0 Å². The molecule has 2 aromatic rings. The number of nitro groups is 2. The Bertz CT molecular complexity index is 882. The molecule has 0 atom stereocenters. The average molecular weight is 370 g/mol. The molecule has 0 unspecified atom stereocenters. The van der Waals surface area contributed by atoms with E-state index in [9.17, 15) is 25.0 Å². The van der Waals surface area contributed by atoms with Crippen molar-refractivity contribution in [3.63, 3.8) is 0 Å². The first-order valence-electron chi connectivity index (χ1n) is 7.96. The third kappa shape index (κ3) is 5.18. The molecule has 0 bridgehead atoms. The molecule has 0 fully saturated rings. The molecule has 0 aliphatic carbocycles. The number of nitrogens with zero attached hydrogens (tertiary/aromatic N) is 3. The van der Waals surface area contributed by atoms with Gasteiger partial charge in [-0.25, -0.2) is 5.43 Å². The molecular weight excluding hydrogens is 352 g/mol. The van der Waals surface area contributed by atoms with Crippen molar-refractivity contribution in [3.05, 3.63) is 79.4 Å². The predicted molar refractivity (Wildman–Crippen MR) is 100.0 cm³/mol. The van der Waals surface area contributed by atoms with E-state index in [-0.39, 0.29) is 11.0 Å². The molecule has 0 aliphatic rings. The minimum Gasteiger partial charge on any atom is -0.267 e. The van der Waals surface area contributed by atoms with Crippen molar-refractivity contribution in [1.82, 2.24) is 5.43 Å². The van der Waals surface area contributed by atoms with E-state index in [0.29, 0.717) is 0 Å². The zero-order valence-electron chi connectivity index (χ0n) is 15.0. The summed E-state index contributed by atoms with van der Waals surface area (Å²) in [5.41, 5.74) is 2.80. The first kappa shape index (κ1) is 19.7. The summed E-state index contributed by atoms with van der Waals surface area (Å²) in [5, 5.41) is 25.5. The second-order valence-electron chi connectivity index (χ2n) is 6.82. The maximum Gasteiger partial charge on any atom is 0.277 e. The Morgan fingerprint density at radius 2 is 1.52 bits per heavy atom. The molecule has 140 valence electrons. The van der Waals surface area contributed by atoms with Crippen LogP contribution in [0.15, 0.2) is 47.6 Å². The number of carbonyl (C=O) groups excluding carboxylic acids is 1. The van der Waals surface area contributed by atoms with Crippen molar-refractivity contribution >= 4 is 23.5 Å². The van der Waals surface area contributed by atoms with E-state index in [4.69, 9.17) is 0 Å². The molecule has 0 aliphatic heterocycles. The summed E-state index contributed by atoms with van der Waals surface area (Å²) in [5.74, 6) is -0.788. The minimum atomic E-state index is -0.802. The first-order valence-corrected chi connectivity index (χ1v) is 7.96. The number of hydrogen-bond donors (Lipinski definition) is 1. The van der Waals surface area contributed by atoms with Crippen LogP contribution in [0.5, 0.6) is 0 Å². The number of hydrazone groups is 1. The Kier molecular flexibility index (Phi) is 5.64. The highest BCUT2D eigenvalue weighted by Crippen LogP contribution is 2.23. The lowest BCUT2D eigenvalue weighted by molar-refractivity contribution is -0.394. The standard InChI is InChI=1S/C18H18N4O5/c1-18(2,3)14-6-4-12(5-7-14)11-19-20-17(23)13-8-15(21(24)25)10-16(9-13)22(26)27/h4-11H,1-3H3,(H,20,23)/b19-11-. The number of rotatable bonds is 5. The van der Waals surface area contributed by atoms with Crippen LogP contribution in [0.4, 0.5) is 11.4 Å². The van der Waals surface area contributed by atoms with Crippen LogP contribution in [0.1, 0.15) is 42.3 Å². The largest absolute Gasteiger partial charge is 0.277 e. The second-order valence-corrected chi connectivity index (χ2v) is 6.82. The van der Waals surface area contributed by atoms with Gasteiger partial charge in [-0.15, -0.1) is 0 Å². The minimum absolute atomic E-state index is 0.0145. The van der Waals surface area contributed by atoms with Crippen LogP contribution >= 0.6 is 0 Å². The number of hydrogen-bond acceptors (Lipinski definition) is 6. The number of nitro benzene ring substituents is 2. The van der Waals surface area contributed by atoms with Crippen LogP contribution in [-0.4, -0.2) is 22.0 Å². The predicted octanol–water partition coefficient (Wildman–Crippen LogP) is 3.56. The molecule has 0 spiro atoms. The number of benzene rings is 2. The van der Waals surface area contributed by atoms with Crippen LogP contribution in [0.3, 0.4) is 0 Å². The smallest absolute Gasteiger partial charge is 0.267 e. The number of carbonyl (C=O) groups is 1. The van der Waals surface area contributed by atoms with E-state index in [2.05, 4.69) is 31.3 Å². The van der Waals surface area contributed by atoms with Gasteiger partial charge >= 0.3 is 0 Å². The second kappa shape index (κ2) is 7.73. The lowest BCUT2D eigenvalue weighted by atomic mass is 9.87.